The van der Waals surface area contributed by atoms with Gasteiger partial charge >= 0.3 is 0 Å². The maximum absolute atomic E-state index is 16.0. The summed E-state index contributed by atoms with van der Waals surface area (Å²) in [7, 11) is 0. The number of benzene rings is 1. The number of anilines is 2. The Morgan fingerprint density at radius 2 is 1.76 bits per heavy atom. The largest absolute Gasteiger partial charge is 0.354 e. The van der Waals surface area contributed by atoms with Crippen molar-refractivity contribution in [3.8, 4) is 28.1 Å². The molecule has 2 N–H and O–H groups in total. The number of nitrogens with one attached hydrogen (secondary N) is 2. The Kier molecular flexibility index (Phi) is 7.46. The number of aromatic nitrogens is 4. The molecule has 6 rings (SSSR count). The Morgan fingerprint density at radius 3 is 2.50 bits per heavy atom. The zero-order valence-electron chi connectivity index (χ0n) is 20.8. The molecule has 11 heteroatoms. The number of hydrogen-bond acceptors (Lipinski definition) is 8. The van der Waals surface area contributed by atoms with Crippen LogP contribution in [-0.4, -0.2) is 63.3 Å². The molecule has 2 fully saturated rings. The van der Waals surface area contributed by atoms with Crippen LogP contribution in [0.5, 0.6) is 0 Å². The van der Waals surface area contributed by atoms with Crippen LogP contribution in [0.3, 0.4) is 0 Å². The third-order valence-electron chi connectivity index (χ3n) is 6.78. The van der Waals surface area contributed by atoms with E-state index in [1.54, 1.807) is 35.4 Å². The minimum atomic E-state index is -0.372. The zero-order chi connectivity index (χ0) is 25.9. The van der Waals surface area contributed by atoms with E-state index in [2.05, 4.69) is 29.2 Å². The van der Waals surface area contributed by atoms with Gasteiger partial charge in [-0.2, -0.15) is 5.10 Å². The molecule has 0 radical (unpaired) electrons. The lowest BCUT2D eigenvalue weighted by Gasteiger charge is -2.28. The van der Waals surface area contributed by atoms with Gasteiger partial charge in [0.1, 0.15) is 11.5 Å². The van der Waals surface area contributed by atoms with Gasteiger partial charge < -0.3 is 14.9 Å². The van der Waals surface area contributed by atoms with Crippen molar-refractivity contribution in [2.75, 3.05) is 48.9 Å². The third kappa shape index (κ3) is 5.35. The first kappa shape index (κ1) is 25.1. The van der Waals surface area contributed by atoms with Crippen LogP contribution in [0, 0.1) is 5.82 Å². The van der Waals surface area contributed by atoms with Gasteiger partial charge in [0.25, 0.3) is 0 Å². The maximum Gasteiger partial charge on any atom is 0.155 e. The van der Waals surface area contributed by atoms with Crippen LogP contribution < -0.4 is 14.9 Å². The summed E-state index contributed by atoms with van der Waals surface area (Å²) in [6, 6.07) is 11.0. The number of halogens is 2. The van der Waals surface area contributed by atoms with Crippen molar-refractivity contribution >= 4 is 35.2 Å². The molecular formula is C27H28ClFN8S. The molecular weight excluding hydrogens is 523 g/mol. The highest BCUT2D eigenvalue weighted by Crippen LogP contribution is 2.38. The van der Waals surface area contributed by atoms with Gasteiger partial charge in [0.2, 0.25) is 0 Å². The fourth-order valence-electron chi connectivity index (χ4n) is 4.77. The summed E-state index contributed by atoms with van der Waals surface area (Å²) in [5.74, 6) is 0.562. The molecule has 0 bridgehead atoms. The molecule has 0 amide bonds. The summed E-state index contributed by atoms with van der Waals surface area (Å²) in [5, 5.41) is 8.67. The van der Waals surface area contributed by atoms with Crippen molar-refractivity contribution in [2.45, 2.75) is 12.8 Å². The molecule has 2 saturated heterocycles. The number of nitrogens with zero attached hydrogens (tertiary/aromatic N) is 6. The van der Waals surface area contributed by atoms with Crippen molar-refractivity contribution in [3.63, 3.8) is 0 Å². The van der Waals surface area contributed by atoms with Gasteiger partial charge in [0.05, 0.1) is 17.6 Å². The first-order valence-electron chi connectivity index (χ1n) is 12.8. The lowest BCUT2D eigenvalue weighted by molar-refractivity contribution is 0.585. The molecule has 0 aliphatic carbocycles. The molecule has 38 heavy (non-hydrogen) atoms. The lowest BCUT2D eigenvalue weighted by atomic mass is 10.0. The van der Waals surface area contributed by atoms with Crippen LogP contribution >= 0.6 is 23.7 Å². The molecule has 4 aromatic rings. The molecule has 0 saturated carbocycles. The summed E-state index contributed by atoms with van der Waals surface area (Å²) in [6.45, 7) is 5.69. The second kappa shape index (κ2) is 11.3. The fourth-order valence-corrected chi connectivity index (χ4v) is 5.81. The average Bonchev–Trinajstić information content (AvgIpc) is 3.65. The second-order valence-electron chi connectivity index (χ2n) is 9.33. The van der Waals surface area contributed by atoms with E-state index in [1.165, 1.54) is 12.1 Å². The summed E-state index contributed by atoms with van der Waals surface area (Å²) >= 11 is 7.91. The number of rotatable bonds is 7. The first-order chi connectivity index (χ1) is 18.7. The zero-order valence-corrected chi connectivity index (χ0v) is 22.4. The van der Waals surface area contributed by atoms with E-state index in [0.717, 1.165) is 69.2 Å². The predicted molar refractivity (Wildman–Crippen MR) is 152 cm³/mol. The molecule has 196 valence electrons. The van der Waals surface area contributed by atoms with E-state index in [4.69, 9.17) is 16.7 Å². The molecule has 2 aliphatic heterocycles. The van der Waals surface area contributed by atoms with Crippen LogP contribution in [0.4, 0.5) is 15.9 Å². The Labute approximate surface area is 230 Å². The maximum atomic E-state index is 16.0. The highest BCUT2D eigenvalue weighted by atomic mass is 35.5. The van der Waals surface area contributed by atoms with Crippen LogP contribution in [0.1, 0.15) is 12.8 Å². The van der Waals surface area contributed by atoms with Crippen LogP contribution in [0.25, 0.3) is 28.1 Å². The highest BCUT2D eigenvalue weighted by Gasteiger charge is 2.21. The van der Waals surface area contributed by atoms with Crippen molar-refractivity contribution in [1.82, 2.24) is 29.4 Å². The smallest absolute Gasteiger partial charge is 0.155 e. The second-order valence-corrected chi connectivity index (χ2v) is 10.7. The van der Waals surface area contributed by atoms with Gasteiger partial charge in [-0.05, 0) is 49.2 Å². The molecule has 3 aromatic heterocycles. The molecule has 8 nitrogen and oxygen atoms in total. The van der Waals surface area contributed by atoms with Crippen molar-refractivity contribution in [1.29, 1.82) is 0 Å². The van der Waals surface area contributed by atoms with Crippen molar-refractivity contribution in [2.24, 2.45) is 0 Å². The quantitative estimate of drug-likeness (QED) is 0.302. The molecule has 2 aliphatic rings. The normalized spacial score (nSPS) is 16.2. The van der Waals surface area contributed by atoms with E-state index >= 15 is 4.39 Å². The number of piperazine rings is 1. The van der Waals surface area contributed by atoms with Crippen LogP contribution in [-0.2, 0) is 0 Å². The standard InChI is InChI=1S/C27H28ClFN8S/c28-20-15-22(26(29)24(16-20)34-38-36-11-1-2-12-36)23-18-37(33-27(23)19-5-7-30-8-6-19)21-3-4-25(32-17-21)35-13-9-31-10-14-35/h3-8,15-18,31,34H,1-2,9-14H2. The fraction of sp³-hybridized carbons (Fsp3) is 0.296. The summed E-state index contributed by atoms with van der Waals surface area (Å²) < 4.78 is 23.1. The molecule has 0 spiro atoms. The van der Waals surface area contributed by atoms with Crippen LogP contribution in [0.2, 0.25) is 5.02 Å². The van der Waals surface area contributed by atoms with Crippen molar-refractivity contribution < 1.29 is 4.39 Å². The minimum Gasteiger partial charge on any atom is -0.354 e. The van der Waals surface area contributed by atoms with E-state index in [-0.39, 0.29) is 5.82 Å². The average molecular weight is 551 g/mol. The minimum absolute atomic E-state index is 0.347. The molecule has 5 heterocycles. The van der Waals surface area contributed by atoms with E-state index < -0.39 is 0 Å². The summed E-state index contributed by atoms with van der Waals surface area (Å²) in [4.78, 5) is 11.1. The first-order valence-corrected chi connectivity index (χ1v) is 13.9. The van der Waals surface area contributed by atoms with Gasteiger partial charge in [0, 0.05) is 91.7 Å². The van der Waals surface area contributed by atoms with E-state index in [9.17, 15) is 0 Å². The Bertz CT molecular complexity index is 1390. The summed E-state index contributed by atoms with van der Waals surface area (Å²) in [6.07, 6.45) is 9.35. The van der Waals surface area contributed by atoms with Gasteiger partial charge in [-0.1, -0.05) is 11.6 Å². The lowest BCUT2D eigenvalue weighted by Crippen LogP contribution is -2.43. The molecule has 0 atom stereocenters. The number of pyridine rings is 2. The Morgan fingerprint density at radius 1 is 0.974 bits per heavy atom. The third-order valence-corrected chi connectivity index (χ3v) is 7.94. The Balaban J connectivity index is 1.37. The van der Waals surface area contributed by atoms with Crippen LogP contribution in [0.15, 0.2) is 61.2 Å². The summed E-state index contributed by atoms with van der Waals surface area (Å²) in [5.41, 5.74) is 3.62. The van der Waals surface area contributed by atoms with Gasteiger partial charge in [-0.3, -0.25) is 4.98 Å². The number of hydrogen-bond donors (Lipinski definition) is 2. The van der Waals surface area contributed by atoms with Gasteiger partial charge in [-0.15, -0.1) is 0 Å². The topological polar surface area (TPSA) is 74.1 Å². The van der Waals surface area contributed by atoms with Crippen molar-refractivity contribution in [3.05, 3.63) is 72.0 Å². The Hall–Kier alpha value is -3.18. The van der Waals surface area contributed by atoms with Gasteiger partial charge in [0.15, 0.2) is 5.82 Å². The molecule has 0 unspecified atom stereocenters. The molecule has 1 aromatic carbocycles. The highest BCUT2D eigenvalue weighted by molar-refractivity contribution is 7.98. The van der Waals surface area contributed by atoms with E-state index in [1.807, 2.05) is 30.5 Å². The SMILES string of the molecule is Fc1c(NSN2CCCC2)cc(Cl)cc1-c1cn(-c2ccc(N3CCNCC3)nc2)nc1-c1ccncc1. The predicted octanol–water partition coefficient (Wildman–Crippen LogP) is 5.27. The van der Waals surface area contributed by atoms with E-state index in [0.29, 0.717) is 27.5 Å². The monoisotopic (exact) mass is 550 g/mol. The van der Waals surface area contributed by atoms with Gasteiger partial charge in [-0.25, -0.2) is 18.4 Å².